The average Bonchev–Trinajstić information content (AvgIpc) is 3.15. The van der Waals surface area contributed by atoms with Gasteiger partial charge >= 0.3 is 6.61 Å². The zero-order chi connectivity index (χ0) is 22.7. The maximum Gasteiger partial charge on any atom is 0.387 e. The molecule has 10 heteroatoms. The van der Waals surface area contributed by atoms with Crippen LogP contribution in [0.5, 0.6) is 5.75 Å². The molecule has 8 nitrogen and oxygen atoms in total. The monoisotopic (exact) mass is 439 g/mol. The molecule has 2 heterocycles. The van der Waals surface area contributed by atoms with Crippen LogP contribution in [0.15, 0.2) is 60.8 Å². The predicted octanol–water partition coefficient (Wildman–Crippen LogP) is 3.99. The number of ether oxygens (including phenoxy) is 1. The normalized spacial score (nSPS) is 13.2. The highest BCUT2D eigenvalue weighted by molar-refractivity contribution is 5.89. The Morgan fingerprint density at radius 2 is 1.81 bits per heavy atom. The van der Waals surface area contributed by atoms with Crippen molar-refractivity contribution < 1.29 is 13.5 Å². The minimum Gasteiger partial charge on any atom is -0.435 e. The molecule has 4 N–H and O–H groups in total. The third kappa shape index (κ3) is 4.75. The summed E-state index contributed by atoms with van der Waals surface area (Å²) in [6.07, 6.45) is 1.66. The summed E-state index contributed by atoms with van der Waals surface area (Å²) in [5.41, 5.74) is 8.12. The van der Waals surface area contributed by atoms with E-state index < -0.39 is 12.2 Å². The summed E-state index contributed by atoms with van der Waals surface area (Å²) in [7, 11) is 1.79. The zero-order valence-electron chi connectivity index (χ0n) is 17.6. The van der Waals surface area contributed by atoms with E-state index in [0.717, 1.165) is 5.56 Å². The van der Waals surface area contributed by atoms with Crippen molar-refractivity contribution in [2.45, 2.75) is 19.1 Å². The van der Waals surface area contributed by atoms with Crippen LogP contribution in [0.2, 0.25) is 0 Å². The van der Waals surface area contributed by atoms with Crippen LogP contribution in [-0.2, 0) is 12.6 Å². The van der Waals surface area contributed by atoms with Gasteiger partial charge in [0, 0.05) is 19.3 Å². The molecule has 0 radical (unpaired) electrons. The van der Waals surface area contributed by atoms with Crippen LogP contribution >= 0.6 is 0 Å². The van der Waals surface area contributed by atoms with E-state index in [1.54, 1.807) is 30.1 Å². The molecule has 0 bridgehead atoms. The number of anilines is 3. The highest BCUT2D eigenvalue weighted by Gasteiger charge is 2.22. The molecule has 2 aromatic carbocycles. The van der Waals surface area contributed by atoms with Gasteiger partial charge in [-0.05, 0) is 36.8 Å². The summed E-state index contributed by atoms with van der Waals surface area (Å²) in [5, 5.41) is 11.4. The first kappa shape index (κ1) is 21.4. The first-order chi connectivity index (χ1) is 15.3. The molecule has 0 aliphatic heterocycles. The van der Waals surface area contributed by atoms with Gasteiger partial charge in [0.15, 0.2) is 5.65 Å². The van der Waals surface area contributed by atoms with Crippen molar-refractivity contribution in [1.82, 2.24) is 19.7 Å². The molecule has 4 aromatic rings. The Labute approximate surface area is 183 Å². The van der Waals surface area contributed by atoms with Gasteiger partial charge in [0.05, 0.1) is 17.1 Å². The summed E-state index contributed by atoms with van der Waals surface area (Å²) in [6.45, 7) is -0.539. The minimum atomic E-state index is -2.87. The van der Waals surface area contributed by atoms with Crippen LogP contribution in [0.4, 0.5) is 26.2 Å². The number of halogens is 2. The highest BCUT2D eigenvalue weighted by Crippen LogP contribution is 2.27. The number of fused-ring (bicyclic) bond motifs is 1. The molecule has 166 valence electrons. The van der Waals surface area contributed by atoms with E-state index in [4.69, 9.17) is 5.73 Å². The van der Waals surface area contributed by atoms with E-state index >= 15 is 0 Å². The Kier molecular flexibility index (Phi) is 5.87. The topological polar surface area (TPSA) is 103 Å². The third-order valence-corrected chi connectivity index (χ3v) is 4.98. The number of hydrogen-bond acceptors (Lipinski definition) is 7. The standard InChI is InChI=1S/C22H23F2N7O/c1-22(25,14-6-4-3-5-7-14)13-26-21-29-18(17-12-27-31(2)19(17)30-21)28-15-8-10-16(11-9-15)32-20(23)24/h3-12,20H,13,25H2,1-2H3,(H2,26,28,29,30). The van der Waals surface area contributed by atoms with Gasteiger partial charge in [-0.25, -0.2) is 0 Å². The van der Waals surface area contributed by atoms with Gasteiger partial charge in [0.25, 0.3) is 0 Å². The van der Waals surface area contributed by atoms with E-state index in [-0.39, 0.29) is 5.75 Å². The lowest BCUT2D eigenvalue weighted by Crippen LogP contribution is -2.40. The minimum absolute atomic E-state index is 0.0743. The maximum atomic E-state index is 12.4. The van der Waals surface area contributed by atoms with Gasteiger partial charge in [0.2, 0.25) is 5.95 Å². The molecule has 0 saturated heterocycles. The number of aryl methyl sites for hydroxylation is 1. The van der Waals surface area contributed by atoms with Crippen LogP contribution in [0.25, 0.3) is 11.0 Å². The molecule has 2 aromatic heterocycles. The van der Waals surface area contributed by atoms with Gasteiger partial charge in [-0.3, -0.25) is 4.68 Å². The first-order valence-electron chi connectivity index (χ1n) is 9.92. The van der Waals surface area contributed by atoms with Crippen molar-refractivity contribution >= 4 is 28.5 Å². The number of nitrogens with one attached hydrogen (secondary N) is 2. The van der Waals surface area contributed by atoms with Gasteiger partial charge in [-0.15, -0.1) is 0 Å². The van der Waals surface area contributed by atoms with Gasteiger partial charge < -0.3 is 21.1 Å². The van der Waals surface area contributed by atoms with Crippen molar-refractivity contribution in [1.29, 1.82) is 0 Å². The molecular weight excluding hydrogens is 416 g/mol. The van der Waals surface area contributed by atoms with Crippen LogP contribution in [0.3, 0.4) is 0 Å². The van der Waals surface area contributed by atoms with Gasteiger partial charge in [0.1, 0.15) is 11.6 Å². The molecule has 4 rings (SSSR count). The molecule has 32 heavy (non-hydrogen) atoms. The fourth-order valence-electron chi connectivity index (χ4n) is 3.24. The van der Waals surface area contributed by atoms with Crippen molar-refractivity contribution in [3.8, 4) is 5.75 Å². The molecular formula is C22H23F2N7O. The smallest absolute Gasteiger partial charge is 0.387 e. The van der Waals surface area contributed by atoms with Crippen molar-refractivity contribution in [2.24, 2.45) is 12.8 Å². The average molecular weight is 439 g/mol. The second-order valence-corrected chi connectivity index (χ2v) is 7.57. The Hall–Kier alpha value is -3.79. The van der Waals surface area contributed by atoms with Crippen LogP contribution in [0, 0.1) is 0 Å². The van der Waals surface area contributed by atoms with Crippen LogP contribution in [-0.4, -0.2) is 32.9 Å². The summed E-state index contributed by atoms with van der Waals surface area (Å²) >= 11 is 0. The highest BCUT2D eigenvalue weighted by atomic mass is 19.3. The molecule has 0 amide bonds. The summed E-state index contributed by atoms with van der Waals surface area (Å²) < 4.78 is 30.8. The van der Waals surface area contributed by atoms with E-state index in [2.05, 4.69) is 30.4 Å². The Bertz CT molecular complexity index is 1190. The summed E-state index contributed by atoms with van der Waals surface area (Å²) in [6, 6.07) is 15.9. The van der Waals surface area contributed by atoms with Crippen molar-refractivity contribution in [3.63, 3.8) is 0 Å². The molecule has 1 atom stereocenters. The zero-order valence-corrected chi connectivity index (χ0v) is 17.6. The molecule has 1 unspecified atom stereocenters. The quantitative estimate of drug-likeness (QED) is 0.381. The second-order valence-electron chi connectivity index (χ2n) is 7.57. The van der Waals surface area contributed by atoms with Crippen molar-refractivity contribution in [2.75, 3.05) is 17.2 Å². The van der Waals surface area contributed by atoms with E-state index in [1.165, 1.54) is 12.1 Å². The maximum absolute atomic E-state index is 12.4. The molecule has 0 saturated carbocycles. The lowest BCUT2D eigenvalue weighted by Gasteiger charge is -2.25. The number of aromatic nitrogens is 4. The Balaban J connectivity index is 1.58. The first-order valence-corrected chi connectivity index (χ1v) is 9.92. The number of benzene rings is 2. The number of nitrogens with two attached hydrogens (primary N) is 1. The number of alkyl halides is 2. The Morgan fingerprint density at radius 3 is 2.50 bits per heavy atom. The Morgan fingerprint density at radius 1 is 1.09 bits per heavy atom. The van der Waals surface area contributed by atoms with E-state index in [1.807, 2.05) is 37.3 Å². The van der Waals surface area contributed by atoms with Gasteiger partial charge in [-0.2, -0.15) is 23.8 Å². The van der Waals surface area contributed by atoms with E-state index in [0.29, 0.717) is 35.0 Å². The largest absolute Gasteiger partial charge is 0.435 e. The van der Waals surface area contributed by atoms with Crippen molar-refractivity contribution in [3.05, 3.63) is 66.4 Å². The SMILES string of the molecule is Cn1ncc2c(Nc3ccc(OC(F)F)cc3)nc(NCC(C)(N)c3ccccc3)nc21. The van der Waals surface area contributed by atoms with Crippen LogP contribution in [0.1, 0.15) is 12.5 Å². The fraction of sp³-hybridized carbons (Fsp3) is 0.227. The third-order valence-electron chi connectivity index (χ3n) is 4.98. The number of nitrogens with zero attached hydrogens (tertiary/aromatic N) is 4. The molecule has 0 aliphatic rings. The van der Waals surface area contributed by atoms with E-state index in [9.17, 15) is 8.78 Å². The lowest BCUT2D eigenvalue weighted by molar-refractivity contribution is -0.0498. The number of hydrogen-bond donors (Lipinski definition) is 3. The number of rotatable bonds is 8. The molecule has 0 fully saturated rings. The fourth-order valence-corrected chi connectivity index (χ4v) is 3.24. The summed E-state index contributed by atoms with van der Waals surface area (Å²) in [5.74, 6) is 0.977. The van der Waals surface area contributed by atoms with Crippen LogP contribution < -0.4 is 21.1 Å². The lowest BCUT2D eigenvalue weighted by atomic mass is 9.93. The molecule has 0 spiro atoms. The summed E-state index contributed by atoms with van der Waals surface area (Å²) in [4.78, 5) is 9.14. The molecule has 0 aliphatic carbocycles. The van der Waals surface area contributed by atoms with Gasteiger partial charge in [-0.1, -0.05) is 30.3 Å². The second kappa shape index (κ2) is 8.75. The predicted molar refractivity (Wildman–Crippen MR) is 119 cm³/mol.